The third kappa shape index (κ3) is 4.01. The summed E-state index contributed by atoms with van der Waals surface area (Å²) in [5.74, 6) is 0.980. The maximum atomic E-state index is 11.0. The molecule has 0 fully saturated rings. The molecule has 1 heterocycles. The number of nitrogens with zero attached hydrogens (tertiary/aromatic N) is 3. The van der Waals surface area contributed by atoms with E-state index in [4.69, 9.17) is 0 Å². The van der Waals surface area contributed by atoms with Crippen LogP contribution < -0.4 is 4.90 Å². The van der Waals surface area contributed by atoms with E-state index in [2.05, 4.69) is 28.6 Å². The molecule has 0 aliphatic heterocycles. The minimum Gasteiger partial charge on any atom is -0.469 e. The van der Waals surface area contributed by atoms with Gasteiger partial charge in [-0.15, -0.1) is 0 Å². The number of rotatable bonds is 5. The fourth-order valence-electron chi connectivity index (χ4n) is 1.36. The van der Waals surface area contributed by atoms with Crippen LogP contribution in [-0.2, 0) is 9.53 Å². The summed E-state index contributed by atoms with van der Waals surface area (Å²) in [4.78, 5) is 21.4. The maximum Gasteiger partial charge on any atom is 0.307 e. The van der Waals surface area contributed by atoms with E-state index in [-0.39, 0.29) is 5.97 Å². The number of carbonyl (C=O) groups excluding carboxylic acids is 1. The molecular weight excluding hydrogens is 218 g/mol. The van der Waals surface area contributed by atoms with Gasteiger partial charge in [-0.3, -0.25) is 4.79 Å². The number of ether oxygens (including phenoxy) is 1. The van der Waals surface area contributed by atoms with E-state index in [0.29, 0.717) is 18.9 Å². The van der Waals surface area contributed by atoms with Gasteiger partial charge in [-0.1, -0.05) is 13.8 Å². The van der Waals surface area contributed by atoms with Crippen molar-refractivity contribution in [1.29, 1.82) is 0 Å². The van der Waals surface area contributed by atoms with Crippen LogP contribution in [0, 0.1) is 0 Å². The number of methoxy groups -OCH3 is 1. The summed E-state index contributed by atoms with van der Waals surface area (Å²) in [7, 11) is 3.29. The zero-order chi connectivity index (χ0) is 12.8. The smallest absolute Gasteiger partial charge is 0.307 e. The summed E-state index contributed by atoms with van der Waals surface area (Å²) in [5.41, 5.74) is 1.000. The van der Waals surface area contributed by atoms with Gasteiger partial charge in [-0.25, -0.2) is 9.97 Å². The molecule has 0 bridgehead atoms. The summed E-state index contributed by atoms with van der Waals surface area (Å²) >= 11 is 0. The fraction of sp³-hybridized carbons (Fsp3) is 0.583. The van der Waals surface area contributed by atoms with Gasteiger partial charge < -0.3 is 9.64 Å². The number of anilines is 1. The molecule has 0 saturated heterocycles. The number of esters is 1. The zero-order valence-corrected chi connectivity index (χ0v) is 10.8. The lowest BCUT2D eigenvalue weighted by Crippen LogP contribution is -2.22. The first-order valence-electron chi connectivity index (χ1n) is 5.64. The van der Waals surface area contributed by atoms with Crippen molar-refractivity contribution < 1.29 is 9.53 Å². The molecule has 0 atom stereocenters. The van der Waals surface area contributed by atoms with Crippen LogP contribution >= 0.6 is 0 Å². The van der Waals surface area contributed by atoms with Crippen molar-refractivity contribution in [3.63, 3.8) is 0 Å². The third-order valence-corrected chi connectivity index (χ3v) is 2.54. The molecule has 17 heavy (non-hydrogen) atoms. The monoisotopic (exact) mass is 237 g/mol. The molecule has 1 aromatic rings. The fourth-order valence-corrected chi connectivity index (χ4v) is 1.36. The molecule has 0 saturated carbocycles. The van der Waals surface area contributed by atoms with Gasteiger partial charge in [0.1, 0.15) is 12.1 Å². The van der Waals surface area contributed by atoms with Crippen LogP contribution in [0.4, 0.5) is 5.82 Å². The molecule has 0 aliphatic carbocycles. The van der Waals surface area contributed by atoms with Gasteiger partial charge in [0, 0.05) is 25.4 Å². The second-order valence-corrected chi connectivity index (χ2v) is 4.20. The summed E-state index contributed by atoms with van der Waals surface area (Å²) in [6.07, 6.45) is 1.91. The van der Waals surface area contributed by atoms with E-state index in [1.54, 1.807) is 6.33 Å². The van der Waals surface area contributed by atoms with Crippen molar-refractivity contribution in [1.82, 2.24) is 9.97 Å². The van der Waals surface area contributed by atoms with Crippen molar-refractivity contribution in [2.45, 2.75) is 26.2 Å². The summed E-state index contributed by atoms with van der Waals surface area (Å²) < 4.78 is 4.60. The van der Waals surface area contributed by atoms with Crippen LogP contribution in [0.2, 0.25) is 0 Å². The standard InChI is InChI=1S/C12H19N3O2/c1-9(2)10-7-11(14-8-13-10)15(3)6-5-12(16)17-4/h7-9H,5-6H2,1-4H3. The minimum absolute atomic E-state index is 0.213. The van der Waals surface area contributed by atoms with Crippen molar-refractivity contribution in [3.05, 3.63) is 18.1 Å². The van der Waals surface area contributed by atoms with E-state index >= 15 is 0 Å². The van der Waals surface area contributed by atoms with E-state index in [1.807, 2.05) is 18.0 Å². The van der Waals surface area contributed by atoms with Crippen LogP contribution in [0.15, 0.2) is 12.4 Å². The third-order valence-electron chi connectivity index (χ3n) is 2.54. The SMILES string of the molecule is COC(=O)CCN(C)c1cc(C(C)C)ncn1. The van der Waals surface area contributed by atoms with E-state index in [1.165, 1.54) is 7.11 Å². The molecule has 5 nitrogen and oxygen atoms in total. The van der Waals surface area contributed by atoms with Gasteiger partial charge in [0.2, 0.25) is 0 Å². The summed E-state index contributed by atoms with van der Waals surface area (Å²) in [6, 6.07) is 1.95. The lowest BCUT2D eigenvalue weighted by Gasteiger charge is -2.18. The predicted octanol–water partition coefficient (Wildman–Crippen LogP) is 1.60. The Kier molecular flexibility index (Phi) is 4.87. The molecule has 0 unspecified atom stereocenters. The molecule has 0 N–H and O–H groups in total. The second kappa shape index (κ2) is 6.18. The van der Waals surface area contributed by atoms with Crippen LogP contribution in [0.5, 0.6) is 0 Å². The number of aromatic nitrogens is 2. The minimum atomic E-state index is -0.213. The summed E-state index contributed by atoms with van der Waals surface area (Å²) in [6.45, 7) is 4.75. The molecule has 0 spiro atoms. The largest absolute Gasteiger partial charge is 0.469 e. The maximum absolute atomic E-state index is 11.0. The van der Waals surface area contributed by atoms with Crippen LogP contribution in [0.3, 0.4) is 0 Å². The van der Waals surface area contributed by atoms with Crippen molar-refractivity contribution in [2.75, 3.05) is 25.6 Å². The molecule has 1 rings (SSSR count). The molecular formula is C12H19N3O2. The quantitative estimate of drug-likeness (QED) is 0.728. The highest BCUT2D eigenvalue weighted by Crippen LogP contribution is 2.16. The molecule has 0 amide bonds. The molecule has 0 aromatic carbocycles. The Balaban J connectivity index is 2.65. The van der Waals surface area contributed by atoms with Gasteiger partial charge in [0.15, 0.2) is 0 Å². The molecule has 0 aliphatic rings. The summed E-state index contributed by atoms with van der Waals surface area (Å²) in [5, 5.41) is 0. The van der Waals surface area contributed by atoms with E-state index in [0.717, 1.165) is 11.5 Å². The van der Waals surface area contributed by atoms with Gasteiger partial charge in [-0.2, -0.15) is 0 Å². The normalized spacial score (nSPS) is 10.4. The highest BCUT2D eigenvalue weighted by molar-refractivity contribution is 5.69. The molecule has 94 valence electrons. The Morgan fingerprint density at radius 3 is 2.76 bits per heavy atom. The zero-order valence-electron chi connectivity index (χ0n) is 10.8. The topological polar surface area (TPSA) is 55.3 Å². The Bertz CT molecular complexity index is 380. The lowest BCUT2D eigenvalue weighted by atomic mass is 10.1. The van der Waals surface area contributed by atoms with Crippen molar-refractivity contribution in [2.24, 2.45) is 0 Å². The van der Waals surface area contributed by atoms with E-state index in [9.17, 15) is 4.79 Å². The average molecular weight is 237 g/mol. The van der Waals surface area contributed by atoms with Crippen molar-refractivity contribution >= 4 is 11.8 Å². The highest BCUT2D eigenvalue weighted by atomic mass is 16.5. The molecule has 5 heteroatoms. The highest BCUT2D eigenvalue weighted by Gasteiger charge is 2.08. The first-order chi connectivity index (χ1) is 8.04. The van der Waals surface area contributed by atoms with Crippen molar-refractivity contribution in [3.8, 4) is 0 Å². The number of hydrogen-bond acceptors (Lipinski definition) is 5. The van der Waals surface area contributed by atoms with Gasteiger partial charge in [-0.05, 0) is 5.92 Å². The molecule has 0 radical (unpaired) electrons. The van der Waals surface area contributed by atoms with E-state index < -0.39 is 0 Å². The molecule has 1 aromatic heterocycles. The number of hydrogen-bond donors (Lipinski definition) is 0. The predicted molar refractivity (Wildman–Crippen MR) is 66.0 cm³/mol. The van der Waals surface area contributed by atoms with Crippen LogP contribution in [0.1, 0.15) is 31.9 Å². The first-order valence-corrected chi connectivity index (χ1v) is 5.64. The second-order valence-electron chi connectivity index (χ2n) is 4.20. The lowest BCUT2D eigenvalue weighted by molar-refractivity contribution is -0.140. The van der Waals surface area contributed by atoms with Crippen LogP contribution in [-0.4, -0.2) is 36.6 Å². The van der Waals surface area contributed by atoms with Gasteiger partial charge in [0.05, 0.1) is 13.5 Å². The first kappa shape index (κ1) is 13.4. The Labute approximate surface area is 102 Å². The Morgan fingerprint density at radius 2 is 2.18 bits per heavy atom. The van der Waals surface area contributed by atoms with Crippen LogP contribution in [0.25, 0.3) is 0 Å². The average Bonchev–Trinajstić information content (AvgIpc) is 2.35. The van der Waals surface area contributed by atoms with Gasteiger partial charge in [0.25, 0.3) is 0 Å². The van der Waals surface area contributed by atoms with Gasteiger partial charge >= 0.3 is 5.97 Å². The Morgan fingerprint density at radius 1 is 1.47 bits per heavy atom. The number of carbonyl (C=O) groups is 1. The Hall–Kier alpha value is -1.65.